The maximum absolute atomic E-state index is 14.3. The van der Waals surface area contributed by atoms with Crippen molar-refractivity contribution in [1.29, 1.82) is 0 Å². The molecule has 3 aromatic rings. The monoisotopic (exact) mass is 715 g/mol. The molecule has 0 bridgehead atoms. The smallest absolute Gasteiger partial charge is 0.152 e. The van der Waals surface area contributed by atoms with Gasteiger partial charge in [-0.2, -0.15) is 0 Å². The van der Waals surface area contributed by atoms with E-state index >= 15 is 0 Å². The lowest BCUT2D eigenvalue weighted by atomic mass is 9.87. The van der Waals surface area contributed by atoms with E-state index in [0.29, 0.717) is 11.6 Å². The number of halogens is 3. The normalized spacial score (nSPS) is 15.1. The Kier molecular flexibility index (Phi) is 12.0. The van der Waals surface area contributed by atoms with Crippen molar-refractivity contribution in [3.8, 4) is 0 Å². The maximum Gasteiger partial charge on any atom is 0.152 e. The summed E-state index contributed by atoms with van der Waals surface area (Å²) in [5.41, 5.74) is 12.2. The van der Waals surface area contributed by atoms with Crippen LogP contribution in [0.5, 0.6) is 0 Å². The number of nitrogens with zero attached hydrogens (tertiary/aromatic N) is 3. The van der Waals surface area contributed by atoms with E-state index in [2.05, 4.69) is 98.3 Å². The summed E-state index contributed by atoms with van der Waals surface area (Å²) in [4.78, 5) is 13.9. The van der Waals surface area contributed by atoms with Crippen molar-refractivity contribution in [2.24, 2.45) is 31.2 Å². The van der Waals surface area contributed by atoms with E-state index in [9.17, 15) is 8.78 Å². The molecule has 51 heavy (non-hydrogen) atoms. The molecule has 276 valence electrons. The van der Waals surface area contributed by atoms with Crippen molar-refractivity contribution >= 4 is 45.8 Å². The van der Waals surface area contributed by atoms with E-state index < -0.39 is 0 Å². The average Bonchev–Trinajstić information content (AvgIpc) is 3.74. The van der Waals surface area contributed by atoms with Crippen LogP contribution in [0.2, 0.25) is 5.02 Å². The topological polar surface area (TPSA) is 37.1 Å². The Hall–Kier alpha value is -3.18. The summed E-state index contributed by atoms with van der Waals surface area (Å²) in [6, 6.07) is 11.8. The first kappa shape index (κ1) is 40.6. The molecule has 0 unspecified atom stereocenters. The van der Waals surface area contributed by atoms with Gasteiger partial charge in [0.15, 0.2) is 5.82 Å². The highest BCUT2D eigenvalue weighted by Gasteiger charge is 2.29. The van der Waals surface area contributed by atoms with Crippen molar-refractivity contribution in [3.05, 3.63) is 86.4 Å². The van der Waals surface area contributed by atoms with E-state index in [-0.39, 0.29) is 39.7 Å². The van der Waals surface area contributed by atoms with Gasteiger partial charge >= 0.3 is 0 Å². The molecule has 0 amide bonds. The number of aliphatic imine (C=N–C) groups is 3. The first-order chi connectivity index (χ1) is 23.4. The summed E-state index contributed by atoms with van der Waals surface area (Å²) in [6.07, 6.45) is 2.51. The molecule has 3 aliphatic heterocycles. The molecule has 0 saturated heterocycles. The molecule has 0 spiro atoms. The number of fused-ring (bicyclic) bond motifs is 3. The second kappa shape index (κ2) is 15.0. The van der Waals surface area contributed by atoms with Crippen LogP contribution in [0, 0.1) is 27.9 Å². The van der Waals surface area contributed by atoms with Crippen LogP contribution in [-0.4, -0.2) is 17.1 Å². The zero-order chi connectivity index (χ0) is 38.4. The second-order valence-electron chi connectivity index (χ2n) is 18.4. The van der Waals surface area contributed by atoms with Crippen molar-refractivity contribution in [2.75, 3.05) is 0 Å². The van der Waals surface area contributed by atoms with E-state index in [1.165, 1.54) is 16.8 Å². The molecule has 6 rings (SSSR count). The van der Waals surface area contributed by atoms with Gasteiger partial charge in [0.2, 0.25) is 0 Å². The summed E-state index contributed by atoms with van der Waals surface area (Å²) in [5, 5.41) is 0.844. The zero-order valence-corrected chi connectivity index (χ0v) is 34.5. The first-order valence-electron chi connectivity index (χ1n) is 18.6. The fourth-order valence-corrected chi connectivity index (χ4v) is 6.78. The summed E-state index contributed by atoms with van der Waals surface area (Å²) >= 11 is 6.46. The van der Waals surface area contributed by atoms with Crippen LogP contribution < -0.4 is 0 Å². The Morgan fingerprint density at radius 1 is 0.529 bits per heavy atom. The van der Waals surface area contributed by atoms with Crippen molar-refractivity contribution < 1.29 is 8.78 Å². The lowest BCUT2D eigenvalue weighted by Gasteiger charge is -2.17. The highest BCUT2D eigenvalue weighted by atomic mass is 35.5. The summed E-state index contributed by atoms with van der Waals surface area (Å²) in [5.74, 6) is 0.630. The fourth-order valence-electron chi connectivity index (χ4n) is 6.34. The molecule has 0 aliphatic carbocycles. The Morgan fingerprint density at radius 3 is 1.41 bits per heavy atom. The van der Waals surface area contributed by atoms with Crippen LogP contribution in [0.15, 0.2) is 51.4 Å². The molecule has 0 radical (unpaired) electrons. The molecule has 0 N–H and O–H groups in total. The first-order valence-corrected chi connectivity index (χ1v) is 19.0. The minimum atomic E-state index is -0.128. The molecule has 3 nitrogen and oxygen atoms in total. The number of hydrogen-bond donors (Lipinski definition) is 0. The van der Waals surface area contributed by atoms with Gasteiger partial charge in [-0.3, -0.25) is 15.0 Å². The van der Waals surface area contributed by atoms with Gasteiger partial charge in [-0.05, 0) is 63.3 Å². The highest BCUT2D eigenvalue weighted by Crippen LogP contribution is 2.42. The molecule has 3 aliphatic rings. The maximum atomic E-state index is 14.3. The molecule has 3 aromatic carbocycles. The minimum absolute atomic E-state index is 0.0173. The van der Waals surface area contributed by atoms with Gasteiger partial charge in [0.1, 0.15) is 11.5 Å². The molecule has 0 fully saturated rings. The Bertz CT molecular complexity index is 1770. The van der Waals surface area contributed by atoms with Crippen LogP contribution in [0.25, 0.3) is 0 Å². The van der Waals surface area contributed by atoms with Crippen molar-refractivity contribution in [3.63, 3.8) is 0 Å². The SMILES string of the molecule is CC(C)c1cc2c(cc1F)CC(C(C)(C)C)=N2.CC(C)c1ccc2c(c1Cl)N=C(C(C)(C)C)C2.CC(C)c1ccc2c(c1F)N=C(C(C)(C)C)C2. The van der Waals surface area contributed by atoms with E-state index in [1.54, 1.807) is 6.07 Å². The summed E-state index contributed by atoms with van der Waals surface area (Å²) in [7, 11) is 0. The summed E-state index contributed by atoms with van der Waals surface area (Å²) < 4.78 is 28.1. The van der Waals surface area contributed by atoms with Crippen LogP contribution >= 0.6 is 11.6 Å². The quantitative estimate of drug-likeness (QED) is 0.259. The van der Waals surface area contributed by atoms with Crippen LogP contribution in [-0.2, 0) is 19.3 Å². The van der Waals surface area contributed by atoms with Crippen molar-refractivity contribution in [1.82, 2.24) is 0 Å². The van der Waals surface area contributed by atoms with Gasteiger partial charge in [0, 0.05) is 52.6 Å². The third-order valence-corrected chi connectivity index (χ3v) is 10.3. The Balaban J connectivity index is 0.000000172. The molecular formula is C45H60ClF2N3. The van der Waals surface area contributed by atoms with E-state index in [0.717, 1.165) is 69.3 Å². The van der Waals surface area contributed by atoms with Gasteiger partial charge in [-0.15, -0.1) is 0 Å². The zero-order valence-electron chi connectivity index (χ0n) is 33.8. The average molecular weight is 716 g/mol. The molecule has 6 heteroatoms. The highest BCUT2D eigenvalue weighted by molar-refractivity contribution is 6.34. The fraction of sp³-hybridized carbons (Fsp3) is 0.533. The van der Waals surface area contributed by atoms with E-state index in [1.807, 2.05) is 45.9 Å². The number of rotatable bonds is 3. The third kappa shape index (κ3) is 9.25. The van der Waals surface area contributed by atoms with Gasteiger partial charge in [0.05, 0.1) is 16.4 Å². The molecule has 0 aromatic heterocycles. The Labute approximate surface area is 312 Å². The second-order valence-corrected chi connectivity index (χ2v) is 18.8. The van der Waals surface area contributed by atoms with Gasteiger partial charge in [-0.25, -0.2) is 8.78 Å². The predicted octanol–water partition coefficient (Wildman–Crippen LogP) is 14.4. The van der Waals surface area contributed by atoms with Gasteiger partial charge in [0.25, 0.3) is 0 Å². The molecule has 3 heterocycles. The predicted molar refractivity (Wildman–Crippen MR) is 217 cm³/mol. The number of hydrogen-bond acceptors (Lipinski definition) is 3. The third-order valence-electron chi connectivity index (χ3n) is 9.94. The largest absolute Gasteiger partial charge is 0.257 e. The van der Waals surface area contributed by atoms with Crippen LogP contribution in [0.1, 0.15) is 155 Å². The standard InChI is InChI=1S/C15H20ClN.2C15H20FN/c1-9(2)11-7-6-10-8-12(15(3,4)5)17-14(10)13(11)16;1-9(2)11-8-13-10(6-12(11)16)7-14(17-13)15(3,4)5;1-9(2)11-7-6-10-8-12(15(3,4)5)17-14(10)13(11)16/h6-7,9H,8H2,1-5H3;6,8-9H,7H2,1-5H3;6-7,9H,8H2,1-5H3. The summed E-state index contributed by atoms with van der Waals surface area (Å²) in [6.45, 7) is 31.8. The molecule has 0 saturated carbocycles. The van der Waals surface area contributed by atoms with Gasteiger partial charge in [-0.1, -0.05) is 140 Å². The van der Waals surface area contributed by atoms with E-state index in [4.69, 9.17) is 16.6 Å². The van der Waals surface area contributed by atoms with Crippen molar-refractivity contribution in [2.45, 2.75) is 141 Å². The minimum Gasteiger partial charge on any atom is -0.257 e. The van der Waals surface area contributed by atoms with Crippen LogP contribution in [0.4, 0.5) is 25.8 Å². The number of benzene rings is 3. The Morgan fingerprint density at radius 2 is 0.941 bits per heavy atom. The van der Waals surface area contributed by atoms with Crippen LogP contribution in [0.3, 0.4) is 0 Å². The lowest BCUT2D eigenvalue weighted by Crippen LogP contribution is -2.19. The lowest BCUT2D eigenvalue weighted by molar-refractivity contribution is 0.583. The molecule has 0 atom stereocenters. The molecular weight excluding hydrogens is 656 g/mol. The van der Waals surface area contributed by atoms with Gasteiger partial charge < -0.3 is 0 Å².